The number of halogens is 4. The van der Waals surface area contributed by atoms with Gasteiger partial charge in [0.2, 0.25) is 17.7 Å². The highest BCUT2D eigenvalue weighted by Gasteiger charge is 2.60. The fraction of sp³-hybridized carbons (Fsp3) is 0.676. The van der Waals surface area contributed by atoms with Crippen LogP contribution in [0.4, 0.5) is 23.2 Å². The lowest BCUT2D eigenvalue weighted by Crippen LogP contribution is -2.65. The minimum absolute atomic E-state index is 0.0338. The van der Waals surface area contributed by atoms with Crippen LogP contribution in [-0.2, 0) is 19.2 Å². The van der Waals surface area contributed by atoms with Gasteiger partial charge in [-0.2, -0.15) is 18.4 Å². The van der Waals surface area contributed by atoms with E-state index in [-0.39, 0.29) is 48.2 Å². The first-order valence-corrected chi connectivity index (χ1v) is 16.8. The minimum Gasteiger partial charge on any atom is -0.339 e. The third-order valence-corrected chi connectivity index (χ3v) is 11.7. The summed E-state index contributed by atoms with van der Waals surface area (Å²) in [6, 6.07) is 2.56. The number of para-hydroxylation sites is 1. The van der Waals surface area contributed by atoms with Crippen molar-refractivity contribution in [2.75, 3.05) is 11.9 Å². The van der Waals surface area contributed by atoms with Crippen LogP contribution >= 0.6 is 0 Å². The zero-order chi connectivity index (χ0) is 33.8. The number of carbonyl (C=O) groups is 4. The molecule has 4 saturated carbocycles. The van der Waals surface area contributed by atoms with Gasteiger partial charge < -0.3 is 20.9 Å². The van der Waals surface area contributed by atoms with E-state index in [0.717, 1.165) is 19.3 Å². The lowest BCUT2D eigenvalue weighted by Gasteiger charge is -2.59. The van der Waals surface area contributed by atoms with Gasteiger partial charge in [0.1, 0.15) is 23.9 Å². The van der Waals surface area contributed by atoms with Crippen LogP contribution in [0.15, 0.2) is 18.2 Å². The van der Waals surface area contributed by atoms with Gasteiger partial charge in [0.05, 0.1) is 17.7 Å². The number of nitrogens with zero attached hydrogens (tertiary/aromatic N) is 2. The molecule has 7 rings (SSSR count). The highest BCUT2D eigenvalue weighted by molar-refractivity contribution is 6.03. The van der Waals surface area contributed by atoms with Crippen molar-refractivity contribution in [3.8, 4) is 6.07 Å². The van der Waals surface area contributed by atoms with Crippen molar-refractivity contribution >= 4 is 29.3 Å². The molecule has 47 heavy (non-hydrogen) atoms. The summed E-state index contributed by atoms with van der Waals surface area (Å²) in [6.07, 6.45) is 0.349. The molecule has 4 aliphatic carbocycles. The van der Waals surface area contributed by atoms with Crippen molar-refractivity contribution in [2.24, 2.45) is 35.0 Å². The number of nitriles is 1. The largest absolute Gasteiger partial charge is 0.471 e. The van der Waals surface area contributed by atoms with Crippen molar-refractivity contribution in [2.45, 2.75) is 102 Å². The van der Waals surface area contributed by atoms with E-state index < -0.39 is 65.1 Å². The Morgan fingerprint density at radius 1 is 1.06 bits per heavy atom. The van der Waals surface area contributed by atoms with Gasteiger partial charge in [-0.05, 0) is 86.2 Å². The first-order valence-electron chi connectivity index (χ1n) is 16.8. The number of hydrogen-bond acceptors (Lipinski definition) is 5. The highest BCUT2D eigenvalue weighted by Crippen LogP contribution is 2.61. The van der Waals surface area contributed by atoms with Crippen molar-refractivity contribution in [1.82, 2.24) is 15.5 Å². The molecule has 0 radical (unpaired) electrons. The standard InChI is InChI=1S/C34H41F4N5O4/c1-3-20-16-43(31(46)28(42-32(47)34(36,37)38)33-12-17-8-18(13-33)10-19(9-17)14-33)27(22(20)4-2)30(45)40-21(15-39)11-24-23-6-5-7-25(35)26(23)41-29(24)44/h5-7,17-22,24,27-28H,3-4,8-14,16H2,1-2H3,(H,40,45)(H,41,44)(H,42,47)/t17?,18?,19?,20-,21-,22-,24?,27-,28?,33?/m0/s1. The van der Waals surface area contributed by atoms with Crippen LogP contribution in [0.25, 0.3) is 0 Å². The second-order valence-electron chi connectivity index (χ2n) is 14.5. The first-order chi connectivity index (χ1) is 22.3. The normalized spacial score (nSPS) is 33.5. The van der Waals surface area contributed by atoms with Gasteiger partial charge in [-0.1, -0.05) is 38.8 Å². The van der Waals surface area contributed by atoms with Crippen LogP contribution < -0.4 is 16.0 Å². The second-order valence-corrected chi connectivity index (χ2v) is 14.5. The van der Waals surface area contributed by atoms with Gasteiger partial charge in [-0.3, -0.25) is 19.2 Å². The number of amides is 4. The lowest BCUT2D eigenvalue weighted by molar-refractivity contribution is -0.179. The van der Waals surface area contributed by atoms with Crippen LogP contribution in [-0.4, -0.2) is 59.4 Å². The number of rotatable bonds is 9. The maximum Gasteiger partial charge on any atom is 0.471 e. The zero-order valence-electron chi connectivity index (χ0n) is 26.5. The third-order valence-electron chi connectivity index (χ3n) is 11.7. The molecule has 2 aliphatic heterocycles. The van der Waals surface area contributed by atoms with E-state index in [1.165, 1.54) is 17.0 Å². The summed E-state index contributed by atoms with van der Waals surface area (Å²) in [4.78, 5) is 55.2. The molecular formula is C34H41F4N5O4. The van der Waals surface area contributed by atoms with Gasteiger partial charge in [0.15, 0.2) is 0 Å². The molecule has 1 aromatic carbocycles. The summed E-state index contributed by atoms with van der Waals surface area (Å²) in [5.74, 6) is -5.13. The van der Waals surface area contributed by atoms with Crippen LogP contribution in [0.3, 0.4) is 0 Å². The molecular weight excluding hydrogens is 618 g/mol. The van der Waals surface area contributed by atoms with E-state index in [0.29, 0.717) is 37.7 Å². The van der Waals surface area contributed by atoms with Crippen LogP contribution in [0.2, 0.25) is 0 Å². The molecule has 4 bridgehead atoms. The molecule has 9 nitrogen and oxygen atoms in total. The summed E-state index contributed by atoms with van der Waals surface area (Å²) in [5, 5.41) is 17.3. The average molecular weight is 660 g/mol. The van der Waals surface area contributed by atoms with Gasteiger partial charge >= 0.3 is 12.1 Å². The van der Waals surface area contributed by atoms with E-state index in [9.17, 15) is 42.0 Å². The summed E-state index contributed by atoms with van der Waals surface area (Å²) in [6.45, 7) is 3.93. The Bertz CT molecular complexity index is 1460. The Morgan fingerprint density at radius 3 is 2.26 bits per heavy atom. The van der Waals surface area contributed by atoms with E-state index in [1.54, 1.807) is 6.07 Å². The highest BCUT2D eigenvalue weighted by atomic mass is 19.4. The Balaban J connectivity index is 1.28. The van der Waals surface area contributed by atoms with Crippen molar-refractivity contribution in [3.63, 3.8) is 0 Å². The number of likely N-dealkylation sites (tertiary alicyclic amines) is 1. The van der Waals surface area contributed by atoms with E-state index in [1.807, 2.05) is 19.9 Å². The molecule has 0 spiro atoms. The molecule has 1 saturated heterocycles. The van der Waals surface area contributed by atoms with Gasteiger partial charge in [-0.15, -0.1) is 0 Å². The van der Waals surface area contributed by atoms with Crippen molar-refractivity contribution in [3.05, 3.63) is 29.6 Å². The minimum atomic E-state index is -5.19. The number of hydrogen-bond donors (Lipinski definition) is 3. The summed E-state index contributed by atoms with van der Waals surface area (Å²) >= 11 is 0. The van der Waals surface area contributed by atoms with Crippen LogP contribution in [0, 0.1) is 52.2 Å². The SMILES string of the molecule is CC[C@H]1CN(C(=O)C(NC(=O)C(F)(F)F)C23CC4CC(CC(C4)C2)C3)[C@H](C(=O)N[C@H](C#N)CC2C(=O)Nc3c(F)cccc32)[C@H]1CC. The molecule has 6 aliphatic rings. The van der Waals surface area contributed by atoms with Crippen LogP contribution in [0.5, 0.6) is 0 Å². The third kappa shape index (κ3) is 5.97. The zero-order valence-corrected chi connectivity index (χ0v) is 26.5. The number of fused-ring (bicyclic) bond motifs is 1. The lowest BCUT2D eigenvalue weighted by atomic mass is 9.47. The van der Waals surface area contributed by atoms with Gasteiger partial charge in [0, 0.05) is 12.0 Å². The topological polar surface area (TPSA) is 131 Å². The van der Waals surface area contributed by atoms with E-state index in [4.69, 9.17) is 0 Å². The number of benzene rings is 1. The number of anilines is 1. The van der Waals surface area contributed by atoms with Gasteiger partial charge in [-0.25, -0.2) is 4.39 Å². The smallest absolute Gasteiger partial charge is 0.339 e. The first kappa shape index (κ1) is 33.2. The molecule has 254 valence electrons. The van der Waals surface area contributed by atoms with E-state index in [2.05, 4.69) is 16.0 Å². The molecule has 4 amide bonds. The van der Waals surface area contributed by atoms with Crippen molar-refractivity contribution < 1.29 is 36.7 Å². The molecule has 3 N–H and O–H groups in total. The predicted octanol–water partition coefficient (Wildman–Crippen LogP) is 4.79. The molecule has 5 fully saturated rings. The fourth-order valence-electron chi connectivity index (χ4n) is 10.1. The maximum absolute atomic E-state index is 14.6. The summed E-state index contributed by atoms with van der Waals surface area (Å²) in [5.41, 5.74) is -0.419. The molecule has 2 heterocycles. The Kier molecular flexibility index (Phi) is 8.76. The summed E-state index contributed by atoms with van der Waals surface area (Å²) in [7, 11) is 0. The van der Waals surface area contributed by atoms with Gasteiger partial charge in [0.25, 0.3) is 0 Å². The monoisotopic (exact) mass is 659 g/mol. The quantitative estimate of drug-likeness (QED) is 0.329. The Hall–Kier alpha value is -3.69. The van der Waals surface area contributed by atoms with Crippen molar-refractivity contribution in [1.29, 1.82) is 5.26 Å². The predicted molar refractivity (Wildman–Crippen MR) is 162 cm³/mol. The molecule has 0 aromatic heterocycles. The fourth-order valence-corrected chi connectivity index (χ4v) is 10.1. The van der Waals surface area contributed by atoms with Crippen LogP contribution in [0.1, 0.15) is 83.1 Å². The number of nitrogens with one attached hydrogen (secondary N) is 3. The average Bonchev–Trinajstić information content (AvgIpc) is 3.55. The number of carbonyl (C=O) groups excluding carboxylic acids is 4. The second kappa shape index (κ2) is 12.4. The maximum atomic E-state index is 14.6. The molecule has 2 unspecified atom stereocenters. The molecule has 13 heteroatoms. The Morgan fingerprint density at radius 2 is 1.70 bits per heavy atom. The summed E-state index contributed by atoms with van der Waals surface area (Å²) < 4.78 is 55.3. The number of alkyl halides is 3. The molecule has 1 aromatic rings. The van der Waals surface area contributed by atoms with E-state index >= 15 is 0 Å². The Labute approximate surface area is 271 Å². The molecule has 6 atom stereocenters.